The second-order valence-corrected chi connectivity index (χ2v) is 10.8. The van der Waals surface area contributed by atoms with E-state index in [9.17, 15) is 0 Å². The van der Waals surface area contributed by atoms with Crippen LogP contribution in [0.4, 0.5) is 0 Å². The minimum Gasteiger partial charge on any atom is -0.410 e. The average Bonchev–Trinajstić information content (AvgIpc) is 3.22. The van der Waals surface area contributed by atoms with Gasteiger partial charge in [0.1, 0.15) is 0 Å². The summed E-state index contributed by atoms with van der Waals surface area (Å²) in [5, 5.41) is 1.36. The lowest BCUT2D eigenvalue weighted by atomic mass is 10.3. The van der Waals surface area contributed by atoms with Crippen LogP contribution in [0, 0.1) is 11.8 Å². The summed E-state index contributed by atoms with van der Waals surface area (Å²) in [4.78, 5) is 0. The first kappa shape index (κ1) is 19.2. The molecule has 3 atom stereocenters. The molecule has 0 amide bonds. The van der Waals surface area contributed by atoms with E-state index in [2.05, 4.69) is 76.3 Å². The maximum Gasteiger partial charge on any atom is 0.218 e. The molecule has 0 heterocycles. The maximum atomic E-state index is 6.21. The van der Waals surface area contributed by atoms with E-state index in [1.54, 1.807) is 0 Å². The van der Waals surface area contributed by atoms with E-state index in [-0.39, 0.29) is 0 Å². The van der Waals surface area contributed by atoms with Gasteiger partial charge in [0.2, 0.25) is 8.32 Å². The topological polar surface area (TPSA) is 9.23 Å². The van der Waals surface area contributed by atoms with Gasteiger partial charge in [0.05, 0.1) is 0 Å². The fourth-order valence-electron chi connectivity index (χ4n) is 2.75. The van der Waals surface area contributed by atoms with Crippen LogP contribution in [-0.2, 0) is 4.43 Å². The van der Waals surface area contributed by atoms with Crippen LogP contribution in [0.5, 0.6) is 0 Å². The third kappa shape index (κ3) is 6.93. The predicted molar refractivity (Wildman–Crippen MR) is 101 cm³/mol. The lowest BCUT2D eigenvalue weighted by Gasteiger charge is -2.27. The summed E-state index contributed by atoms with van der Waals surface area (Å²) in [5.41, 5.74) is 0. The van der Waals surface area contributed by atoms with Gasteiger partial charge in [-0.15, -0.1) is 0 Å². The summed E-state index contributed by atoms with van der Waals surface area (Å²) in [5.74, 6) is 2.17. The molecule has 1 nitrogen and oxygen atoms in total. The molecule has 0 spiro atoms. The molecule has 1 aromatic rings. The van der Waals surface area contributed by atoms with Crippen molar-refractivity contribution in [3.05, 3.63) is 42.5 Å². The van der Waals surface area contributed by atoms with Gasteiger partial charge in [-0.05, 0) is 56.8 Å². The van der Waals surface area contributed by atoms with Crippen LogP contribution in [0.3, 0.4) is 0 Å². The lowest BCUT2D eigenvalue weighted by Crippen LogP contribution is -2.46. The van der Waals surface area contributed by atoms with Gasteiger partial charge >= 0.3 is 0 Å². The van der Waals surface area contributed by atoms with E-state index < -0.39 is 8.32 Å². The Hall–Kier alpha value is -0.863. The number of benzene rings is 1. The summed E-state index contributed by atoms with van der Waals surface area (Å²) in [7, 11) is -1.73. The SMILES string of the molecule is C/C=C\CC(C)O[Si](C)(C)c1ccccc1.CC[C@H]1C[C@@H]1C. The molecule has 0 bridgehead atoms. The molecular formula is C20H34OSi. The molecule has 0 radical (unpaired) electrons. The quantitative estimate of drug-likeness (QED) is 0.495. The number of rotatable bonds is 6. The molecule has 1 aromatic carbocycles. The predicted octanol–water partition coefficient (Wildman–Crippen LogP) is 5.52. The van der Waals surface area contributed by atoms with Crippen molar-refractivity contribution in [2.45, 2.75) is 66.2 Å². The van der Waals surface area contributed by atoms with Crippen molar-refractivity contribution >= 4 is 13.5 Å². The van der Waals surface area contributed by atoms with Gasteiger partial charge in [0, 0.05) is 6.10 Å². The van der Waals surface area contributed by atoms with Gasteiger partial charge in [-0.2, -0.15) is 0 Å². The number of hydrogen-bond acceptors (Lipinski definition) is 1. The van der Waals surface area contributed by atoms with Gasteiger partial charge in [0.25, 0.3) is 0 Å². The lowest BCUT2D eigenvalue weighted by molar-refractivity contribution is 0.221. The second-order valence-electron chi connectivity index (χ2n) is 6.99. The number of hydrogen-bond donors (Lipinski definition) is 0. The van der Waals surface area contributed by atoms with Gasteiger partial charge in [-0.3, -0.25) is 0 Å². The van der Waals surface area contributed by atoms with E-state index in [4.69, 9.17) is 4.43 Å². The molecule has 0 saturated heterocycles. The van der Waals surface area contributed by atoms with Gasteiger partial charge in [0.15, 0.2) is 0 Å². The fourth-order valence-corrected chi connectivity index (χ4v) is 4.99. The summed E-state index contributed by atoms with van der Waals surface area (Å²) in [6, 6.07) is 10.6. The minimum absolute atomic E-state index is 0.304. The molecule has 2 rings (SSSR count). The van der Waals surface area contributed by atoms with Crippen molar-refractivity contribution in [3.63, 3.8) is 0 Å². The van der Waals surface area contributed by atoms with Crippen molar-refractivity contribution in [1.29, 1.82) is 0 Å². The summed E-state index contributed by atoms with van der Waals surface area (Å²) < 4.78 is 6.21. The van der Waals surface area contributed by atoms with Crippen LogP contribution in [0.2, 0.25) is 13.1 Å². The Labute approximate surface area is 138 Å². The summed E-state index contributed by atoms with van der Waals surface area (Å²) in [6.45, 7) is 13.3. The minimum atomic E-state index is -1.73. The highest BCUT2D eigenvalue weighted by Gasteiger charge is 2.29. The summed E-state index contributed by atoms with van der Waals surface area (Å²) >= 11 is 0. The first-order chi connectivity index (χ1) is 10.4. The molecular weight excluding hydrogens is 284 g/mol. The monoisotopic (exact) mass is 318 g/mol. The van der Waals surface area contributed by atoms with Crippen LogP contribution in [0.15, 0.2) is 42.5 Å². The first-order valence-corrected chi connectivity index (χ1v) is 11.7. The zero-order valence-corrected chi connectivity index (χ0v) is 16.3. The highest BCUT2D eigenvalue weighted by Crippen LogP contribution is 2.39. The van der Waals surface area contributed by atoms with Gasteiger partial charge in [-0.25, -0.2) is 0 Å². The highest BCUT2D eigenvalue weighted by molar-refractivity contribution is 6.84. The molecule has 22 heavy (non-hydrogen) atoms. The standard InChI is InChI=1S/C14H22OSi.C6H12/c1-5-6-10-13(2)15-16(3,4)14-11-8-7-9-12-14;1-3-6-4-5(6)2/h5-9,11-13H,10H2,1-4H3;5-6H,3-4H2,1-2H3/b6-5-;/t;5-,6-/m.0/s1. The van der Waals surface area contributed by atoms with Gasteiger partial charge < -0.3 is 4.43 Å². The Balaban J connectivity index is 0.000000335. The van der Waals surface area contributed by atoms with E-state index >= 15 is 0 Å². The van der Waals surface area contributed by atoms with E-state index in [1.165, 1.54) is 18.0 Å². The molecule has 1 saturated carbocycles. The van der Waals surface area contributed by atoms with Crippen molar-refractivity contribution in [3.8, 4) is 0 Å². The van der Waals surface area contributed by atoms with Gasteiger partial charge in [-0.1, -0.05) is 62.8 Å². The average molecular weight is 319 g/mol. The summed E-state index contributed by atoms with van der Waals surface area (Å²) in [6.07, 6.45) is 8.45. The molecule has 2 heteroatoms. The van der Waals surface area contributed by atoms with Crippen LogP contribution in [0.25, 0.3) is 0 Å². The largest absolute Gasteiger partial charge is 0.410 e. The Morgan fingerprint density at radius 1 is 1.27 bits per heavy atom. The Morgan fingerprint density at radius 2 is 1.86 bits per heavy atom. The van der Waals surface area contributed by atoms with Crippen molar-refractivity contribution in [2.75, 3.05) is 0 Å². The highest BCUT2D eigenvalue weighted by atomic mass is 28.4. The first-order valence-electron chi connectivity index (χ1n) is 8.75. The Bertz CT molecular complexity index is 436. The van der Waals surface area contributed by atoms with Crippen LogP contribution >= 0.6 is 0 Å². The van der Waals surface area contributed by atoms with Crippen LogP contribution in [-0.4, -0.2) is 14.4 Å². The smallest absolute Gasteiger partial charge is 0.218 e. The normalized spacial score (nSPS) is 22.1. The zero-order valence-electron chi connectivity index (χ0n) is 15.3. The fraction of sp³-hybridized carbons (Fsp3) is 0.600. The number of allylic oxidation sites excluding steroid dienone is 1. The molecule has 124 valence electrons. The third-order valence-corrected chi connectivity index (χ3v) is 7.18. The van der Waals surface area contributed by atoms with Crippen molar-refractivity contribution in [1.82, 2.24) is 0 Å². The van der Waals surface area contributed by atoms with E-state index in [0.717, 1.165) is 18.3 Å². The van der Waals surface area contributed by atoms with Crippen LogP contribution < -0.4 is 5.19 Å². The van der Waals surface area contributed by atoms with Crippen molar-refractivity contribution < 1.29 is 4.43 Å². The Morgan fingerprint density at radius 3 is 2.27 bits per heavy atom. The maximum absolute atomic E-state index is 6.21. The molecule has 0 N–H and O–H groups in total. The molecule has 1 aliphatic carbocycles. The molecule has 0 aliphatic heterocycles. The third-order valence-electron chi connectivity index (χ3n) is 4.47. The zero-order chi connectivity index (χ0) is 16.6. The van der Waals surface area contributed by atoms with E-state index in [1.807, 2.05) is 6.92 Å². The van der Waals surface area contributed by atoms with E-state index in [0.29, 0.717) is 6.10 Å². The second kappa shape index (κ2) is 9.31. The van der Waals surface area contributed by atoms with Crippen molar-refractivity contribution in [2.24, 2.45) is 11.8 Å². The molecule has 1 aliphatic rings. The van der Waals surface area contributed by atoms with Crippen LogP contribution in [0.1, 0.15) is 47.0 Å². The molecule has 1 fully saturated rings. The molecule has 1 unspecified atom stereocenters. The molecule has 0 aromatic heterocycles. The Kier molecular flexibility index (Phi) is 8.12.